The molecule has 0 fully saturated rings. The van der Waals surface area contributed by atoms with E-state index >= 15 is 0 Å². The number of hydrogen-bond acceptors (Lipinski definition) is 1. The van der Waals surface area contributed by atoms with Crippen molar-refractivity contribution in [2.75, 3.05) is 11.9 Å². The first-order valence-electron chi connectivity index (χ1n) is 1.93. The third-order valence-electron chi connectivity index (χ3n) is 0.412. The van der Waals surface area contributed by atoms with Crippen molar-refractivity contribution in [3.05, 3.63) is 0 Å². The van der Waals surface area contributed by atoms with E-state index in [2.05, 4.69) is 15.9 Å². The summed E-state index contributed by atoms with van der Waals surface area (Å²) in [5.41, 5.74) is 0. The zero-order valence-electron chi connectivity index (χ0n) is 4.04. The van der Waals surface area contributed by atoms with Crippen molar-refractivity contribution in [2.45, 2.75) is 0 Å². The summed E-state index contributed by atoms with van der Waals surface area (Å²) in [7, 11) is -3.96. The highest BCUT2D eigenvalue weighted by Crippen LogP contribution is 2.27. The Morgan fingerprint density at radius 1 is 1.62 bits per heavy atom. The Balaban J connectivity index is 3.26. The van der Waals surface area contributed by atoms with E-state index in [0.29, 0.717) is 5.33 Å². The summed E-state index contributed by atoms with van der Waals surface area (Å²) in [6.07, 6.45) is 0. The van der Waals surface area contributed by atoms with E-state index in [4.69, 9.17) is 9.79 Å². The molecule has 4 nitrogen and oxygen atoms in total. The first-order valence-corrected chi connectivity index (χ1v) is 4.66. The minimum Gasteiger partial charge on any atom is -0.313 e. The van der Waals surface area contributed by atoms with Crippen molar-refractivity contribution in [1.29, 1.82) is 0 Å². The van der Waals surface area contributed by atoms with Gasteiger partial charge in [-0.05, 0) is 0 Å². The van der Waals surface area contributed by atoms with Gasteiger partial charge in [0.05, 0.1) is 0 Å². The molecule has 0 heterocycles. The molecule has 0 saturated heterocycles. The van der Waals surface area contributed by atoms with Crippen LogP contribution < -0.4 is 5.09 Å². The molecule has 0 saturated carbocycles. The Bertz CT molecular complexity index is 101. The normalized spacial score (nSPS) is 11.9. The molecule has 6 heteroatoms. The van der Waals surface area contributed by atoms with Crippen LogP contribution in [0.15, 0.2) is 0 Å². The SMILES string of the molecule is O=P(O)(O)NCCBr. The molecular formula is C2H7BrNO3P. The summed E-state index contributed by atoms with van der Waals surface area (Å²) < 4.78 is 9.95. The second kappa shape index (κ2) is 3.58. The maximum absolute atomic E-state index is 9.95. The van der Waals surface area contributed by atoms with E-state index in [0.717, 1.165) is 0 Å². The summed E-state index contributed by atoms with van der Waals surface area (Å²) in [5, 5.41) is 2.53. The van der Waals surface area contributed by atoms with Crippen LogP contribution in [0.2, 0.25) is 0 Å². The average molecular weight is 204 g/mol. The molecule has 0 unspecified atom stereocenters. The summed E-state index contributed by atoms with van der Waals surface area (Å²) in [5.74, 6) is 0. The van der Waals surface area contributed by atoms with Crippen LogP contribution in [0.1, 0.15) is 0 Å². The topological polar surface area (TPSA) is 69.6 Å². The van der Waals surface area contributed by atoms with Gasteiger partial charge in [0.1, 0.15) is 0 Å². The Labute approximate surface area is 55.6 Å². The monoisotopic (exact) mass is 203 g/mol. The van der Waals surface area contributed by atoms with Gasteiger partial charge in [0.25, 0.3) is 0 Å². The zero-order valence-corrected chi connectivity index (χ0v) is 6.52. The Kier molecular flexibility index (Phi) is 3.85. The van der Waals surface area contributed by atoms with Crippen molar-refractivity contribution in [2.24, 2.45) is 0 Å². The minimum absolute atomic E-state index is 0.282. The van der Waals surface area contributed by atoms with Gasteiger partial charge in [-0.3, -0.25) is 0 Å². The van der Waals surface area contributed by atoms with Crippen molar-refractivity contribution < 1.29 is 14.4 Å². The van der Waals surface area contributed by atoms with Crippen LogP contribution in [0.25, 0.3) is 0 Å². The van der Waals surface area contributed by atoms with Crippen LogP contribution in [0.3, 0.4) is 0 Å². The lowest BCUT2D eigenvalue weighted by molar-refractivity contribution is 0.359. The maximum Gasteiger partial charge on any atom is 0.400 e. The van der Waals surface area contributed by atoms with E-state index in [-0.39, 0.29) is 6.54 Å². The van der Waals surface area contributed by atoms with Crippen LogP contribution in [0.5, 0.6) is 0 Å². The largest absolute Gasteiger partial charge is 0.400 e. The number of halogens is 1. The van der Waals surface area contributed by atoms with E-state index in [1.807, 2.05) is 5.09 Å². The quantitative estimate of drug-likeness (QED) is 0.449. The molecule has 0 bridgehead atoms. The van der Waals surface area contributed by atoms with Crippen LogP contribution in [-0.2, 0) is 4.57 Å². The van der Waals surface area contributed by atoms with Gasteiger partial charge in [0.15, 0.2) is 0 Å². The summed E-state index contributed by atoms with van der Waals surface area (Å²) >= 11 is 3.00. The molecule has 0 spiro atoms. The van der Waals surface area contributed by atoms with E-state index in [9.17, 15) is 4.57 Å². The second-order valence-corrected chi connectivity index (χ2v) is 3.34. The fraction of sp³-hybridized carbons (Fsp3) is 1.00. The van der Waals surface area contributed by atoms with Gasteiger partial charge in [-0.1, -0.05) is 15.9 Å². The smallest absolute Gasteiger partial charge is 0.313 e. The van der Waals surface area contributed by atoms with Crippen LogP contribution in [0, 0.1) is 0 Å². The van der Waals surface area contributed by atoms with Crippen LogP contribution in [-0.4, -0.2) is 21.7 Å². The van der Waals surface area contributed by atoms with Gasteiger partial charge in [0, 0.05) is 11.9 Å². The Morgan fingerprint density at radius 3 is 2.25 bits per heavy atom. The Hall–Kier alpha value is 0.590. The predicted molar refractivity (Wildman–Crippen MR) is 33.8 cm³/mol. The highest BCUT2D eigenvalue weighted by molar-refractivity contribution is 9.09. The third kappa shape index (κ3) is 6.59. The molecule has 0 aliphatic carbocycles. The lowest BCUT2D eigenvalue weighted by Crippen LogP contribution is -2.11. The van der Waals surface area contributed by atoms with Crippen molar-refractivity contribution >= 4 is 23.7 Å². The molecule has 0 aromatic rings. The van der Waals surface area contributed by atoms with Gasteiger partial charge in [-0.2, -0.15) is 0 Å². The van der Waals surface area contributed by atoms with Gasteiger partial charge in [-0.25, -0.2) is 9.65 Å². The predicted octanol–water partition coefficient (Wildman–Crippen LogP) is 0.0636. The lowest BCUT2D eigenvalue weighted by atomic mass is 10.8. The average Bonchev–Trinajstić information content (AvgIpc) is 1.59. The van der Waals surface area contributed by atoms with Gasteiger partial charge < -0.3 is 9.79 Å². The summed E-state index contributed by atoms with van der Waals surface area (Å²) in [6.45, 7) is 0.282. The molecule has 3 N–H and O–H groups in total. The lowest BCUT2D eigenvalue weighted by Gasteiger charge is -2.01. The van der Waals surface area contributed by atoms with Gasteiger partial charge in [0.2, 0.25) is 0 Å². The number of nitrogens with one attached hydrogen (secondary N) is 1. The molecule has 8 heavy (non-hydrogen) atoms. The fourth-order valence-electron chi connectivity index (χ4n) is 0.188. The van der Waals surface area contributed by atoms with Crippen molar-refractivity contribution in [3.8, 4) is 0 Å². The molecule has 0 aliphatic heterocycles. The number of rotatable bonds is 3. The van der Waals surface area contributed by atoms with Crippen LogP contribution >= 0.6 is 23.7 Å². The van der Waals surface area contributed by atoms with Crippen LogP contribution in [0.4, 0.5) is 0 Å². The highest BCUT2D eigenvalue weighted by atomic mass is 79.9. The molecule has 0 atom stereocenters. The summed E-state index contributed by atoms with van der Waals surface area (Å²) in [6, 6.07) is 0. The molecule has 50 valence electrons. The van der Waals surface area contributed by atoms with Crippen molar-refractivity contribution in [3.63, 3.8) is 0 Å². The van der Waals surface area contributed by atoms with Gasteiger partial charge in [-0.15, -0.1) is 0 Å². The number of alkyl halides is 1. The minimum atomic E-state index is -3.96. The van der Waals surface area contributed by atoms with E-state index in [1.165, 1.54) is 0 Å². The summed E-state index contributed by atoms with van der Waals surface area (Å²) in [4.78, 5) is 16.3. The molecule has 0 rings (SSSR count). The first kappa shape index (κ1) is 8.59. The zero-order chi connectivity index (χ0) is 6.62. The van der Waals surface area contributed by atoms with Crippen molar-refractivity contribution in [1.82, 2.24) is 5.09 Å². The molecular weight excluding hydrogens is 197 g/mol. The first-order chi connectivity index (χ1) is 3.56. The molecule has 0 aromatic heterocycles. The molecule has 0 aromatic carbocycles. The van der Waals surface area contributed by atoms with Gasteiger partial charge >= 0.3 is 7.75 Å². The fourth-order valence-corrected chi connectivity index (χ4v) is 1.10. The Morgan fingerprint density at radius 2 is 2.12 bits per heavy atom. The highest BCUT2D eigenvalue weighted by Gasteiger charge is 2.08. The molecule has 0 amide bonds. The standard InChI is InChI=1S/C2H7BrNO3P/c3-1-2-4-8(5,6)7/h1-2H2,(H3,4,5,6,7). The molecule has 0 radical (unpaired) electrons. The molecule has 0 aliphatic rings. The third-order valence-corrected chi connectivity index (χ3v) is 1.44. The number of hydrogen-bond donors (Lipinski definition) is 3. The van der Waals surface area contributed by atoms with E-state index < -0.39 is 7.75 Å². The maximum atomic E-state index is 9.95. The van der Waals surface area contributed by atoms with E-state index in [1.54, 1.807) is 0 Å². The second-order valence-electron chi connectivity index (χ2n) is 1.14.